The van der Waals surface area contributed by atoms with E-state index in [1.165, 1.54) is 0 Å². The number of hydrogen-bond acceptors (Lipinski definition) is 6. The molecule has 2 aromatic heterocycles. The summed E-state index contributed by atoms with van der Waals surface area (Å²) in [5.41, 5.74) is 2.64. The molecule has 1 amide bonds. The van der Waals surface area contributed by atoms with Gasteiger partial charge in [-0.05, 0) is 39.7 Å². The molecule has 1 aliphatic rings. The summed E-state index contributed by atoms with van der Waals surface area (Å²) in [6.07, 6.45) is 1.87. The number of amides is 1. The van der Waals surface area contributed by atoms with E-state index >= 15 is 0 Å². The molecule has 24 heavy (non-hydrogen) atoms. The second kappa shape index (κ2) is 6.51. The van der Waals surface area contributed by atoms with Crippen LogP contribution in [0.5, 0.6) is 0 Å². The van der Waals surface area contributed by atoms with Crippen molar-refractivity contribution >= 4 is 17.7 Å². The lowest BCUT2D eigenvalue weighted by molar-refractivity contribution is -0.129. The lowest BCUT2D eigenvalue weighted by Gasteiger charge is -2.22. The van der Waals surface area contributed by atoms with Gasteiger partial charge in [-0.15, -0.1) is 0 Å². The molecule has 3 heterocycles. The highest BCUT2D eigenvalue weighted by atomic mass is 16.2. The Morgan fingerprint density at radius 1 is 1.08 bits per heavy atom. The minimum absolute atomic E-state index is 0.0527. The van der Waals surface area contributed by atoms with Crippen molar-refractivity contribution in [1.82, 2.24) is 24.8 Å². The zero-order chi connectivity index (χ0) is 17.3. The second-order valence-corrected chi connectivity index (χ2v) is 6.22. The van der Waals surface area contributed by atoms with E-state index in [9.17, 15) is 4.79 Å². The molecule has 1 atom stereocenters. The zero-order valence-corrected chi connectivity index (χ0v) is 14.5. The van der Waals surface area contributed by atoms with E-state index in [4.69, 9.17) is 0 Å². The van der Waals surface area contributed by atoms with Gasteiger partial charge in [0.25, 0.3) is 0 Å². The van der Waals surface area contributed by atoms with Gasteiger partial charge in [0.05, 0.1) is 6.04 Å². The fourth-order valence-corrected chi connectivity index (χ4v) is 3.11. The van der Waals surface area contributed by atoms with Crippen molar-refractivity contribution in [2.75, 3.05) is 11.9 Å². The highest BCUT2D eigenvalue weighted by molar-refractivity contribution is 5.74. The normalized spacial score (nSPS) is 17.2. The molecule has 0 saturated carbocycles. The van der Waals surface area contributed by atoms with Gasteiger partial charge in [0.2, 0.25) is 11.9 Å². The summed E-state index contributed by atoms with van der Waals surface area (Å²) >= 11 is 0. The molecule has 3 rings (SSSR count). The third-order valence-corrected chi connectivity index (χ3v) is 4.05. The SMILES string of the molecule is CC(=O)N1CCC[C@@H]1c1nc(C)cc(Nc2nc(C)cc(C)n2)n1. The van der Waals surface area contributed by atoms with Crippen molar-refractivity contribution in [3.63, 3.8) is 0 Å². The minimum atomic E-state index is -0.0527. The Hall–Kier alpha value is -2.57. The van der Waals surface area contributed by atoms with Gasteiger partial charge in [-0.3, -0.25) is 4.79 Å². The fourth-order valence-electron chi connectivity index (χ4n) is 3.11. The van der Waals surface area contributed by atoms with Crippen LogP contribution >= 0.6 is 0 Å². The van der Waals surface area contributed by atoms with Crippen LogP contribution in [-0.2, 0) is 4.79 Å². The zero-order valence-electron chi connectivity index (χ0n) is 14.5. The summed E-state index contributed by atoms with van der Waals surface area (Å²) < 4.78 is 0. The number of aromatic nitrogens is 4. The van der Waals surface area contributed by atoms with Gasteiger partial charge in [0.1, 0.15) is 5.82 Å². The van der Waals surface area contributed by atoms with Gasteiger partial charge in [0, 0.05) is 36.6 Å². The van der Waals surface area contributed by atoms with Gasteiger partial charge in [-0.2, -0.15) is 0 Å². The molecule has 0 radical (unpaired) electrons. The first-order chi connectivity index (χ1) is 11.4. The number of carbonyl (C=O) groups excluding carboxylic acids is 1. The summed E-state index contributed by atoms with van der Waals surface area (Å²) in [6.45, 7) is 8.14. The average molecular weight is 326 g/mol. The van der Waals surface area contributed by atoms with Crippen LogP contribution < -0.4 is 5.32 Å². The Balaban J connectivity index is 1.90. The average Bonchev–Trinajstić information content (AvgIpc) is 2.95. The summed E-state index contributed by atoms with van der Waals surface area (Å²) in [5.74, 6) is 1.91. The summed E-state index contributed by atoms with van der Waals surface area (Å²) in [4.78, 5) is 31.5. The number of rotatable bonds is 3. The molecule has 1 N–H and O–H groups in total. The molecular weight excluding hydrogens is 304 g/mol. The van der Waals surface area contributed by atoms with E-state index < -0.39 is 0 Å². The van der Waals surface area contributed by atoms with Crippen molar-refractivity contribution < 1.29 is 4.79 Å². The Labute approximate surface area is 141 Å². The van der Waals surface area contributed by atoms with Crippen LogP contribution in [0, 0.1) is 20.8 Å². The number of carbonyl (C=O) groups is 1. The molecule has 0 aliphatic carbocycles. The Morgan fingerprint density at radius 3 is 2.42 bits per heavy atom. The molecule has 1 fully saturated rings. The topological polar surface area (TPSA) is 83.9 Å². The second-order valence-electron chi connectivity index (χ2n) is 6.22. The van der Waals surface area contributed by atoms with Crippen molar-refractivity contribution in [2.45, 2.75) is 46.6 Å². The molecule has 7 heteroatoms. The maximum atomic E-state index is 11.8. The van der Waals surface area contributed by atoms with E-state index in [-0.39, 0.29) is 11.9 Å². The van der Waals surface area contributed by atoms with E-state index in [0.717, 1.165) is 36.5 Å². The van der Waals surface area contributed by atoms with Crippen molar-refractivity contribution in [2.24, 2.45) is 0 Å². The third kappa shape index (κ3) is 3.50. The van der Waals surface area contributed by atoms with Crippen molar-refractivity contribution in [1.29, 1.82) is 0 Å². The Bertz CT molecular complexity index is 755. The largest absolute Gasteiger partial charge is 0.333 e. The fraction of sp³-hybridized carbons (Fsp3) is 0.471. The third-order valence-electron chi connectivity index (χ3n) is 4.05. The molecule has 1 aliphatic heterocycles. The predicted molar refractivity (Wildman–Crippen MR) is 90.9 cm³/mol. The van der Waals surface area contributed by atoms with Crippen LogP contribution in [-0.4, -0.2) is 37.3 Å². The van der Waals surface area contributed by atoms with Gasteiger partial charge in [-0.1, -0.05) is 0 Å². The van der Waals surface area contributed by atoms with Crippen LogP contribution in [0.3, 0.4) is 0 Å². The molecule has 7 nitrogen and oxygen atoms in total. The standard InChI is InChI=1S/C17H22N6O/c1-10-8-11(2)20-17(19-10)22-15-9-12(3)18-16(21-15)14-6-5-7-23(14)13(4)24/h8-9,14H,5-7H2,1-4H3,(H,18,19,20,21,22)/t14-/m1/s1. The maximum absolute atomic E-state index is 11.8. The number of nitrogens with one attached hydrogen (secondary N) is 1. The Morgan fingerprint density at radius 2 is 1.75 bits per heavy atom. The quantitative estimate of drug-likeness (QED) is 0.933. The molecule has 1 saturated heterocycles. The summed E-state index contributed by atoms with van der Waals surface area (Å²) in [6, 6.07) is 3.73. The van der Waals surface area contributed by atoms with Crippen LogP contribution in [0.25, 0.3) is 0 Å². The highest BCUT2D eigenvalue weighted by Gasteiger charge is 2.30. The van der Waals surface area contributed by atoms with Crippen molar-refractivity contribution in [3.05, 3.63) is 35.0 Å². The predicted octanol–water partition coefficient (Wildman–Crippen LogP) is 2.62. The van der Waals surface area contributed by atoms with Gasteiger partial charge < -0.3 is 10.2 Å². The number of hydrogen-bond donors (Lipinski definition) is 1. The van der Waals surface area contributed by atoms with E-state index in [1.54, 1.807) is 6.92 Å². The monoisotopic (exact) mass is 326 g/mol. The molecule has 126 valence electrons. The molecule has 0 aromatic carbocycles. The van der Waals surface area contributed by atoms with E-state index in [0.29, 0.717) is 17.6 Å². The van der Waals surface area contributed by atoms with Crippen LogP contribution in [0.2, 0.25) is 0 Å². The van der Waals surface area contributed by atoms with E-state index in [2.05, 4.69) is 25.3 Å². The molecule has 0 unspecified atom stereocenters. The Kier molecular flexibility index (Phi) is 4.42. The molecule has 0 bridgehead atoms. The minimum Gasteiger partial charge on any atom is -0.333 e. The van der Waals surface area contributed by atoms with Crippen molar-refractivity contribution in [3.8, 4) is 0 Å². The van der Waals surface area contributed by atoms with Gasteiger partial charge in [-0.25, -0.2) is 19.9 Å². The lowest BCUT2D eigenvalue weighted by atomic mass is 10.2. The van der Waals surface area contributed by atoms with Crippen LogP contribution in [0.4, 0.5) is 11.8 Å². The summed E-state index contributed by atoms with van der Waals surface area (Å²) in [5, 5.41) is 3.16. The van der Waals surface area contributed by atoms with E-state index in [1.807, 2.05) is 37.8 Å². The molecular formula is C17H22N6O. The number of aryl methyl sites for hydroxylation is 3. The first-order valence-electron chi connectivity index (χ1n) is 8.14. The first kappa shape index (κ1) is 16.3. The molecule has 2 aromatic rings. The van der Waals surface area contributed by atoms with Gasteiger partial charge in [0.15, 0.2) is 5.82 Å². The van der Waals surface area contributed by atoms with Crippen LogP contribution in [0.1, 0.15) is 48.7 Å². The summed E-state index contributed by atoms with van der Waals surface area (Å²) in [7, 11) is 0. The highest BCUT2D eigenvalue weighted by Crippen LogP contribution is 2.30. The smallest absolute Gasteiger partial charge is 0.228 e. The number of likely N-dealkylation sites (tertiary alicyclic amines) is 1. The number of anilines is 2. The molecule has 0 spiro atoms. The van der Waals surface area contributed by atoms with Gasteiger partial charge >= 0.3 is 0 Å². The first-order valence-corrected chi connectivity index (χ1v) is 8.14. The maximum Gasteiger partial charge on any atom is 0.228 e. The lowest BCUT2D eigenvalue weighted by Crippen LogP contribution is -2.29. The van der Waals surface area contributed by atoms with Crippen LogP contribution in [0.15, 0.2) is 12.1 Å². The number of nitrogens with zero attached hydrogens (tertiary/aromatic N) is 5.